The lowest BCUT2D eigenvalue weighted by molar-refractivity contribution is 0.746. The van der Waals surface area contributed by atoms with E-state index in [1.165, 1.54) is 5.56 Å². The molecule has 0 atom stereocenters. The van der Waals surface area contributed by atoms with E-state index in [1.54, 1.807) is 6.07 Å². The summed E-state index contributed by atoms with van der Waals surface area (Å²) in [6.45, 7) is 4.60. The van der Waals surface area contributed by atoms with Crippen LogP contribution < -0.4 is 16.6 Å². The van der Waals surface area contributed by atoms with Crippen molar-refractivity contribution in [2.45, 2.75) is 26.8 Å². The monoisotopic (exact) mass is 261 g/mol. The number of aryl methyl sites for hydroxylation is 3. The summed E-state index contributed by atoms with van der Waals surface area (Å²) in [6.07, 6.45) is 2.93. The van der Waals surface area contributed by atoms with Gasteiger partial charge in [0, 0.05) is 31.4 Å². The summed E-state index contributed by atoms with van der Waals surface area (Å²) in [6, 6.07) is 1.77. The highest BCUT2D eigenvalue weighted by Crippen LogP contribution is 2.13. The molecule has 0 aliphatic heterocycles. The molecule has 102 valence electrons. The summed E-state index contributed by atoms with van der Waals surface area (Å²) in [5.41, 5.74) is 4.79. The Labute approximate surface area is 112 Å². The number of nitrogens with zero attached hydrogens (tertiary/aromatic N) is 4. The molecule has 4 N–H and O–H groups in total. The molecule has 0 aliphatic carbocycles. The predicted molar refractivity (Wildman–Crippen MR) is 74.5 cm³/mol. The van der Waals surface area contributed by atoms with E-state index in [0.717, 1.165) is 17.9 Å². The number of rotatable bonds is 5. The minimum absolute atomic E-state index is 0.594. The van der Waals surface area contributed by atoms with Gasteiger partial charge in [-0.25, -0.2) is 15.8 Å². The summed E-state index contributed by atoms with van der Waals surface area (Å²) in [7, 11) is 1.92. The number of aromatic nitrogens is 4. The molecular weight excluding hydrogens is 242 g/mol. The molecule has 0 aliphatic rings. The molecule has 0 unspecified atom stereocenters. The molecule has 19 heavy (non-hydrogen) atoms. The van der Waals surface area contributed by atoms with Crippen molar-refractivity contribution in [1.82, 2.24) is 19.7 Å². The van der Waals surface area contributed by atoms with Crippen molar-refractivity contribution in [3.8, 4) is 0 Å². The van der Waals surface area contributed by atoms with Gasteiger partial charge in [-0.05, 0) is 13.3 Å². The van der Waals surface area contributed by atoms with Crippen LogP contribution in [0.5, 0.6) is 0 Å². The zero-order valence-electron chi connectivity index (χ0n) is 11.4. The summed E-state index contributed by atoms with van der Waals surface area (Å²) < 4.78 is 1.83. The smallest absolute Gasteiger partial charge is 0.145 e. The van der Waals surface area contributed by atoms with Gasteiger partial charge in [0.25, 0.3) is 0 Å². The van der Waals surface area contributed by atoms with Crippen molar-refractivity contribution in [2.24, 2.45) is 12.9 Å². The molecule has 0 aromatic carbocycles. The number of hydrogen-bond donors (Lipinski definition) is 3. The van der Waals surface area contributed by atoms with E-state index < -0.39 is 0 Å². The number of nitrogens with one attached hydrogen (secondary N) is 2. The Hall–Kier alpha value is -2.15. The van der Waals surface area contributed by atoms with Crippen molar-refractivity contribution < 1.29 is 0 Å². The number of hydrazine groups is 1. The lowest BCUT2D eigenvalue weighted by atomic mass is 10.2. The first-order valence-electron chi connectivity index (χ1n) is 6.20. The van der Waals surface area contributed by atoms with Crippen LogP contribution >= 0.6 is 0 Å². The van der Waals surface area contributed by atoms with E-state index in [9.17, 15) is 0 Å². The first kappa shape index (κ1) is 13.3. The quantitative estimate of drug-likeness (QED) is 0.548. The molecule has 2 aromatic rings. The molecule has 0 fully saturated rings. The molecular formula is C12H19N7. The topological polar surface area (TPSA) is 93.7 Å². The fourth-order valence-electron chi connectivity index (χ4n) is 1.95. The van der Waals surface area contributed by atoms with Crippen LogP contribution in [0.15, 0.2) is 12.3 Å². The standard InChI is InChI=1S/C12H19N7/c1-4-10-9(7-19(3)18-10)6-14-11-5-12(17-13)16-8(2)15-11/h5,7H,4,6,13H2,1-3H3,(H2,14,15,16,17). The summed E-state index contributed by atoms with van der Waals surface area (Å²) in [4.78, 5) is 8.46. The van der Waals surface area contributed by atoms with E-state index in [4.69, 9.17) is 5.84 Å². The van der Waals surface area contributed by atoms with Crippen LogP contribution in [0.1, 0.15) is 24.0 Å². The highest BCUT2D eigenvalue weighted by atomic mass is 15.3. The molecule has 7 nitrogen and oxygen atoms in total. The van der Waals surface area contributed by atoms with Gasteiger partial charge < -0.3 is 10.7 Å². The van der Waals surface area contributed by atoms with E-state index in [0.29, 0.717) is 18.2 Å². The van der Waals surface area contributed by atoms with E-state index >= 15 is 0 Å². The maximum atomic E-state index is 5.36. The summed E-state index contributed by atoms with van der Waals surface area (Å²) in [5, 5.41) is 7.67. The van der Waals surface area contributed by atoms with Gasteiger partial charge in [0.15, 0.2) is 0 Å². The van der Waals surface area contributed by atoms with Gasteiger partial charge >= 0.3 is 0 Å². The molecule has 0 bridgehead atoms. The Balaban J connectivity index is 2.11. The molecule has 0 amide bonds. The maximum absolute atomic E-state index is 5.36. The molecule has 0 radical (unpaired) electrons. The van der Waals surface area contributed by atoms with Crippen molar-refractivity contribution in [1.29, 1.82) is 0 Å². The van der Waals surface area contributed by atoms with Crippen molar-refractivity contribution >= 4 is 11.6 Å². The third-order valence-electron chi connectivity index (χ3n) is 2.77. The van der Waals surface area contributed by atoms with Crippen LogP contribution in [0.2, 0.25) is 0 Å². The zero-order valence-corrected chi connectivity index (χ0v) is 11.4. The third-order valence-corrected chi connectivity index (χ3v) is 2.77. The van der Waals surface area contributed by atoms with Gasteiger partial charge in [-0.1, -0.05) is 6.92 Å². The second kappa shape index (κ2) is 5.66. The van der Waals surface area contributed by atoms with Gasteiger partial charge in [-0.2, -0.15) is 5.10 Å². The van der Waals surface area contributed by atoms with Crippen LogP contribution in [0, 0.1) is 6.92 Å². The second-order valence-corrected chi connectivity index (χ2v) is 4.31. The Morgan fingerprint density at radius 2 is 2.05 bits per heavy atom. The van der Waals surface area contributed by atoms with Crippen LogP contribution in [0.25, 0.3) is 0 Å². The Kier molecular flexibility index (Phi) is 3.96. The lowest BCUT2D eigenvalue weighted by Crippen LogP contribution is -2.11. The fourth-order valence-corrected chi connectivity index (χ4v) is 1.95. The average molecular weight is 261 g/mol. The van der Waals surface area contributed by atoms with Gasteiger partial charge in [0.2, 0.25) is 0 Å². The van der Waals surface area contributed by atoms with Gasteiger partial charge in [-0.15, -0.1) is 0 Å². The second-order valence-electron chi connectivity index (χ2n) is 4.31. The Morgan fingerprint density at radius 3 is 2.74 bits per heavy atom. The van der Waals surface area contributed by atoms with Gasteiger partial charge in [0.05, 0.1) is 5.69 Å². The highest BCUT2D eigenvalue weighted by Gasteiger charge is 2.06. The predicted octanol–water partition coefficient (Wildman–Crippen LogP) is 0.979. The minimum Gasteiger partial charge on any atom is -0.366 e. The van der Waals surface area contributed by atoms with Crippen molar-refractivity contribution in [3.63, 3.8) is 0 Å². The number of nitrogens with two attached hydrogens (primary N) is 1. The summed E-state index contributed by atoms with van der Waals surface area (Å²) in [5.74, 6) is 7.37. The largest absolute Gasteiger partial charge is 0.366 e. The average Bonchev–Trinajstić information content (AvgIpc) is 2.76. The van der Waals surface area contributed by atoms with Crippen LogP contribution in [0.4, 0.5) is 11.6 Å². The SMILES string of the molecule is CCc1nn(C)cc1CNc1cc(NN)nc(C)n1. The first-order chi connectivity index (χ1) is 9.12. The molecule has 2 rings (SSSR count). The highest BCUT2D eigenvalue weighted by molar-refractivity contribution is 5.47. The van der Waals surface area contributed by atoms with Crippen LogP contribution in [-0.4, -0.2) is 19.7 Å². The minimum atomic E-state index is 0.594. The molecule has 0 saturated carbocycles. The molecule has 2 aromatic heterocycles. The van der Waals surface area contributed by atoms with Crippen molar-refractivity contribution in [3.05, 3.63) is 29.3 Å². The van der Waals surface area contributed by atoms with Gasteiger partial charge in [0.1, 0.15) is 17.5 Å². The first-order valence-corrected chi connectivity index (χ1v) is 6.20. The number of hydrogen-bond acceptors (Lipinski definition) is 6. The van der Waals surface area contributed by atoms with Crippen molar-refractivity contribution in [2.75, 3.05) is 10.7 Å². The van der Waals surface area contributed by atoms with Crippen LogP contribution in [0.3, 0.4) is 0 Å². The normalized spacial score (nSPS) is 10.5. The molecule has 7 heteroatoms. The molecule has 2 heterocycles. The van der Waals surface area contributed by atoms with E-state index in [1.807, 2.05) is 24.9 Å². The van der Waals surface area contributed by atoms with E-state index in [-0.39, 0.29) is 0 Å². The number of nitrogen functional groups attached to an aromatic ring is 1. The van der Waals surface area contributed by atoms with E-state index in [2.05, 4.69) is 32.7 Å². The summed E-state index contributed by atoms with van der Waals surface area (Å²) >= 11 is 0. The lowest BCUT2D eigenvalue weighted by Gasteiger charge is -2.08. The third kappa shape index (κ3) is 3.19. The van der Waals surface area contributed by atoms with Crippen LogP contribution in [-0.2, 0) is 20.0 Å². The Bertz CT molecular complexity index is 561. The van der Waals surface area contributed by atoms with Gasteiger partial charge in [-0.3, -0.25) is 4.68 Å². The maximum Gasteiger partial charge on any atom is 0.145 e. The molecule has 0 saturated heterocycles. The fraction of sp³-hybridized carbons (Fsp3) is 0.417. The number of anilines is 2. The molecule has 0 spiro atoms. The zero-order chi connectivity index (χ0) is 13.8. The Morgan fingerprint density at radius 1 is 1.32 bits per heavy atom.